The molecule has 0 spiro atoms. The minimum absolute atomic E-state index is 0.155. The SMILES string of the molecule is COc1cc(OC)cc(C(CN)NC2CCCCC2)c1. The van der Waals surface area contributed by atoms with Gasteiger partial charge in [-0.25, -0.2) is 0 Å². The Morgan fingerprint density at radius 2 is 1.70 bits per heavy atom. The van der Waals surface area contributed by atoms with Crippen molar-refractivity contribution in [2.24, 2.45) is 5.73 Å². The second-order valence-electron chi connectivity index (χ2n) is 5.44. The molecule has 20 heavy (non-hydrogen) atoms. The fourth-order valence-electron chi connectivity index (χ4n) is 2.88. The lowest BCUT2D eigenvalue weighted by atomic mass is 9.94. The predicted octanol–water partition coefficient (Wildman–Crippen LogP) is 2.63. The third kappa shape index (κ3) is 3.87. The summed E-state index contributed by atoms with van der Waals surface area (Å²) in [6.07, 6.45) is 6.49. The van der Waals surface area contributed by atoms with Gasteiger partial charge in [0.25, 0.3) is 0 Å². The van der Waals surface area contributed by atoms with E-state index in [4.69, 9.17) is 15.2 Å². The van der Waals surface area contributed by atoms with Crippen LogP contribution in [-0.4, -0.2) is 26.8 Å². The van der Waals surface area contributed by atoms with Crippen molar-refractivity contribution in [3.05, 3.63) is 23.8 Å². The van der Waals surface area contributed by atoms with E-state index in [1.807, 2.05) is 18.2 Å². The monoisotopic (exact) mass is 278 g/mol. The van der Waals surface area contributed by atoms with E-state index in [1.165, 1.54) is 32.1 Å². The molecule has 1 unspecified atom stereocenters. The Hall–Kier alpha value is -1.26. The molecule has 4 nitrogen and oxygen atoms in total. The van der Waals surface area contributed by atoms with Gasteiger partial charge < -0.3 is 20.5 Å². The minimum Gasteiger partial charge on any atom is -0.497 e. The van der Waals surface area contributed by atoms with E-state index >= 15 is 0 Å². The third-order valence-electron chi connectivity index (χ3n) is 4.05. The largest absolute Gasteiger partial charge is 0.497 e. The van der Waals surface area contributed by atoms with Crippen LogP contribution in [0.2, 0.25) is 0 Å². The molecule has 0 radical (unpaired) electrons. The average Bonchev–Trinajstić information content (AvgIpc) is 2.53. The number of nitrogens with one attached hydrogen (secondary N) is 1. The lowest BCUT2D eigenvalue weighted by molar-refractivity contribution is 0.338. The van der Waals surface area contributed by atoms with Gasteiger partial charge in [0.05, 0.1) is 14.2 Å². The fourth-order valence-corrected chi connectivity index (χ4v) is 2.88. The smallest absolute Gasteiger partial charge is 0.122 e. The molecule has 1 aliphatic rings. The average molecular weight is 278 g/mol. The van der Waals surface area contributed by atoms with Crippen LogP contribution in [0.25, 0.3) is 0 Å². The van der Waals surface area contributed by atoms with E-state index in [1.54, 1.807) is 14.2 Å². The molecule has 2 rings (SSSR count). The summed E-state index contributed by atoms with van der Waals surface area (Å²) in [5.41, 5.74) is 7.09. The summed E-state index contributed by atoms with van der Waals surface area (Å²) in [4.78, 5) is 0. The molecule has 1 aromatic carbocycles. The number of rotatable bonds is 6. The van der Waals surface area contributed by atoms with Crippen LogP contribution in [0.4, 0.5) is 0 Å². The van der Waals surface area contributed by atoms with E-state index < -0.39 is 0 Å². The van der Waals surface area contributed by atoms with Gasteiger partial charge in [-0.05, 0) is 30.5 Å². The number of ether oxygens (including phenoxy) is 2. The zero-order valence-corrected chi connectivity index (χ0v) is 12.5. The van der Waals surface area contributed by atoms with Crippen LogP contribution in [0, 0.1) is 0 Å². The van der Waals surface area contributed by atoms with Crippen molar-refractivity contribution in [2.75, 3.05) is 20.8 Å². The molecule has 0 aliphatic heterocycles. The zero-order chi connectivity index (χ0) is 14.4. The highest BCUT2D eigenvalue weighted by atomic mass is 16.5. The number of benzene rings is 1. The molecule has 0 saturated heterocycles. The molecule has 4 heteroatoms. The van der Waals surface area contributed by atoms with Gasteiger partial charge in [0.1, 0.15) is 11.5 Å². The second-order valence-corrected chi connectivity index (χ2v) is 5.44. The van der Waals surface area contributed by atoms with Crippen molar-refractivity contribution in [1.82, 2.24) is 5.32 Å². The van der Waals surface area contributed by atoms with Crippen molar-refractivity contribution in [3.63, 3.8) is 0 Å². The highest BCUT2D eigenvalue weighted by Gasteiger charge is 2.19. The van der Waals surface area contributed by atoms with Crippen molar-refractivity contribution < 1.29 is 9.47 Å². The maximum absolute atomic E-state index is 5.96. The van der Waals surface area contributed by atoms with Gasteiger partial charge in [0.15, 0.2) is 0 Å². The molecule has 1 aromatic rings. The van der Waals surface area contributed by atoms with Crippen molar-refractivity contribution in [1.29, 1.82) is 0 Å². The summed E-state index contributed by atoms with van der Waals surface area (Å²) >= 11 is 0. The van der Waals surface area contributed by atoms with Crippen LogP contribution in [0.1, 0.15) is 43.7 Å². The summed E-state index contributed by atoms with van der Waals surface area (Å²) in [6.45, 7) is 0.576. The van der Waals surface area contributed by atoms with Gasteiger partial charge >= 0.3 is 0 Å². The molecule has 3 N–H and O–H groups in total. The topological polar surface area (TPSA) is 56.5 Å². The summed E-state index contributed by atoms with van der Waals surface area (Å²) in [6, 6.07) is 6.69. The van der Waals surface area contributed by atoms with Gasteiger partial charge in [-0.2, -0.15) is 0 Å². The Bertz CT molecular complexity index is 395. The van der Waals surface area contributed by atoms with Gasteiger partial charge in [-0.1, -0.05) is 19.3 Å². The standard InChI is InChI=1S/C16H26N2O2/c1-19-14-8-12(9-15(10-14)20-2)16(11-17)18-13-6-4-3-5-7-13/h8-10,13,16,18H,3-7,11,17H2,1-2H3. The Morgan fingerprint density at radius 1 is 1.10 bits per heavy atom. The Morgan fingerprint density at radius 3 is 2.20 bits per heavy atom. The lowest BCUT2D eigenvalue weighted by Crippen LogP contribution is -2.37. The maximum atomic E-state index is 5.96. The van der Waals surface area contributed by atoms with Crippen LogP contribution in [0.5, 0.6) is 11.5 Å². The summed E-state index contributed by atoms with van der Waals surface area (Å²) in [7, 11) is 3.34. The van der Waals surface area contributed by atoms with Crippen molar-refractivity contribution in [3.8, 4) is 11.5 Å². The van der Waals surface area contributed by atoms with Gasteiger partial charge in [0, 0.05) is 24.7 Å². The van der Waals surface area contributed by atoms with Crippen LogP contribution < -0.4 is 20.5 Å². The molecule has 1 fully saturated rings. The molecule has 0 aromatic heterocycles. The second kappa shape index (κ2) is 7.50. The Balaban J connectivity index is 2.12. The lowest BCUT2D eigenvalue weighted by Gasteiger charge is -2.28. The first-order valence-electron chi connectivity index (χ1n) is 7.46. The normalized spacial score (nSPS) is 17.8. The van der Waals surface area contributed by atoms with Crippen molar-refractivity contribution >= 4 is 0 Å². The first-order chi connectivity index (χ1) is 9.76. The molecule has 1 saturated carbocycles. The number of methoxy groups -OCH3 is 2. The predicted molar refractivity (Wildman–Crippen MR) is 81.4 cm³/mol. The number of hydrogen-bond acceptors (Lipinski definition) is 4. The van der Waals surface area contributed by atoms with Gasteiger partial charge in [0.2, 0.25) is 0 Å². The first kappa shape index (κ1) is 15.1. The Labute approximate surface area is 121 Å². The highest BCUT2D eigenvalue weighted by molar-refractivity contribution is 5.40. The van der Waals surface area contributed by atoms with Crippen LogP contribution in [0.3, 0.4) is 0 Å². The van der Waals surface area contributed by atoms with E-state index in [0.29, 0.717) is 12.6 Å². The molecule has 0 amide bonds. The molecular weight excluding hydrogens is 252 g/mol. The highest BCUT2D eigenvalue weighted by Crippen LogP contribution is 2.27. The quantitative estimate of drug-likeness (QED) is 0.840. The van der Waals surface area contributed by atoms with E-state index in [9.17, 15) is 0 Å². The molecular formula is C16H26N2O2. The third-order valence-corrected chi connectivity index (χ3v) is 4.05. The zero-order valence-electron chi connectivity index (χ0n) is 12.5. The molecule has 112 valence electrons. The van der Waals surface area contributed by atoms with E-state index in [0.717, 1.165) is 17.1 Å². The van der Waals surface area contributed by atoms with Crippen LogP contribution in [0.15, 0.2) is 18.2 Å². The summed E-state index contributed by atoms with van der Waals surface area (Å²) in [5.74, 6) is 1.62. The van der Waals surface area contributed by atoms with E-state index in [-0.39, 0.29) is 6.04 Å². The minimum atomic E-state index is 0.155. The molecule has 0 bridgehead atoms. The first-order valence-corrected chi connectivity index (χ1v) is 7.46. The fraction of sp³-hybridized carbons (Fsp3) is 0.625. The van der Waals surface area contributed by atoms with E-state index in [2.05, 4.69) is 5.32 Å². The van der Waals surface area contributed by atoms with Gasteiger partial charge in [-0.15, -0.1) is 0 Å². The summed E-state index contributed by atoms with van der Waals surface area (Å²) in [5, 5.41) is 3.69. The maximum Gasteiger partial charge on any atom is 0.122 e. The molecule has 1 aliphatic carbocycles. The summed E-state index contributed by atoms with van der Waals surface area (Å²) < 4.78 is 10.7. The molecule has 0 heterocycles. The van der Waals surface area contributed by atoms with Crippen LogP contribution in [-0.2, 0) is 0 Å². The number of nitrogens with two attached hydrogens (primary N) is 1. The molecule has 1 atom stereocenters. The number of hydrogen-bond donors (Lipinski definition) is 2. The Kier molecular flexibility index (Phi) is 5.68. The van der Waals surface area contributed by atoms with Crippen molar-refractivity contribution in [2.45, 2.75) is 44.2 Å². The van der Waals surface area contributed by atoms with Crippen LogP contribution >= 0.6 is 0 Å². The van der Waals surface area contributed by atoms with Gasteiger partial charge in [-0.3, -0.25) is 0 Å².